The molecular formula is C26H27NO3. The number of anilines is 1. The molecule has 1 aliphatic rings. The average molecular weight is 402 g/mol. The van der Waals surface area contributed by atoms with E-state index >= 15 is 0 Å². The van der Waals surface area contributed by atoms with E-state index in [1.54, 1.807) is 31.4 Å². The Morgan fingerprint density at radius 2 is 1.80 bits per heavy atom. The summed E-state index contributed by atoms with van der Waals surface area (Å²) in [6, 6.07) is 21.1. The number of phenolic OH excluding ortho intramolecular Hbond substituents is 1. The van der Waals surface area contributed by atoms with Gasteiger partial charge in [-0.2, -0.15) is 0 Å². The van der Waals surface area contributed by atoms with Crippen LogP contribution in [0.15, 0.2) is 66.7 Å². The second-order valence-electron chi connectivity index (χ2n) is 7.73. The number of methoxy groups -OCH3 is 1. The molecule has 1 N–H and O–H groups in total. The fourth-order valence-corrected chi connectivity index (χ4v) is 4.38. The molecule has 0 heterocycles. The molecule has 4 nitrogen and oxygen atoms in total. The van der Waals surface area contributed by atoms with Gasteiger partial charge in [-0.3, -0.25) is 4.79 Å². The van der Waals surface area contributed by atoms with Crippen molar-refractivity contribution in [2.45, 2.75) is 32.1 Å². The lowest BCUT2D eigenvalue weighted by Gasteiger charge is -2.31. The van der Waals surface area contributed by atoms with Gasteiger partial charge in [-0.15, -0.1) is 0 Å². The molecule has 0 unspecified atom stereocenters. The molecule has 1 atom stereocenters. The Balaban J connectivity index is 1.72. The molecule has 1 aliphatic carbocycles. The highest BCUT2D eigenvalue weighted by molar-refractivity contribution is 6.06. The fourth-order valence-electron chi connectivity index (χ4n) is 4.38. The zero-order valence-corrected chi connectivity index (χ0v) is 17.5. The first kappa shape index (κ1) is 20.0. The summed E-state index contributed by atoms with van der Waals surface area (Å²) in [5.41, 5.74) is 5.45. The molecule has 0 saturated heterocycles. The Hall–Kier alpha value is -3.27. The highest BCUT2D eigenvalue weighted by atomic mass is 16.5. The number of carbonyl (C=O) groups is 1. The Kier molecular flexibility index (Phi) is 5.75. The smallest absolute Gasteiger partial charge is 0.258 e. The highest BCUT2D eigenvalue weighted by Crippen LogP contribution is 2.39. The van der Waals surface area contributed by atoms with Crippen LogP contribution in [0.2, 0.25) is 0 Å². The van der Waals surface area contributed by atoms with E-state index in [9.17, 15) is 9.90 Å². The van der Waals surface area contributed by atoms with Crippen LogP contribution in [0.4, 0.5) is 5.69 Å². The van der Waals surface area contributed by atoms with E-state index in [1.165, 1.54) is 16.7 Å². The lowest BCUT2D eigenvalue weighted by molar-refractivity contribution is 0.0988. The summed E-state index contributed by atoms with van der Waals surface area (Å²) in [5, 5.41) is 9.57. The van der Waals surface area contributed by atoms with Crippen molar-refractivity contribution in [3.63, 3.8) is 0 Å². The third-order valence-electron chi connectivity index (χ3n) is 5.99. The van der Waals surface area contributed by atoms with Gasteiger partial charge in [-0.1, -0.05) is 30.3 Å². The van der Waals surface area contributed by atoms with Gasteiger partial charge in [0.1, 0.15) is 11.5 Å². The van der Waals surface area contributed by atoms with E-state index in [4.69, 9.17) is 4.74 Å². The van der Waals surface area contributed by atoms with Crippen LogP contribution in [0.3, 0.4) is 0 Å². The molecule has 4 rings (SSSR count). The number of carbonyl (C=O) groups excluding carboxylic acids is 1. The molecule has 4 heteroatoms. The molecule has 1 amide bonds. The Morgan fingerprint density at radius 1 is 1.07 bits per heavy atom. The van der Waals surface area contributed by atoms with Gasteiger partial charge in [-0.05, 0) is 79.1 Å². The number of aromatic hydroxyl groups is 1. The van der Waals surface area contributed by atoms with Crippen molar-refractivity contribution in [3.8, 4) is 11.5 Å². The number of fused-ring (bicyclic) bond motifs is 1. The zero-order valence-electron chi connectivity index (χ0n) is 17.5. The van der Waals surface area contributed by atoms with Crippen molar-refractivity contribution < 1.29 is 14.6 Å². The molecule has 154 valence electrons. The van der Waals surface area contributed by atoms with Crippen molar-refractivity contribution in [2.75, 3.05) is 18.6 Å². The summed E-state index contributed by atoms with van der Waals surface area (Å²) in [4.78, 5) is 15.1. The number of ether oxygens (including phenoxy) is 1. The van der Waals surface area contributed by atoms with Crippen molar-refractivity contribution in [1.29, 1.82) is 0 Å². The van der Waals surface area contributed by atoms with E-state index in [0.29, 0.717) is 18.0 Å². The first-order valence-electron chi connectivity index (χ1n) is 10.5. The lowest BCUT2D eigenvalue weighted by Crippen LogP contribution is -2.32. The van der Waals surface area contributed by atoms with Crippen LogP contribution in [0, 0.1) is 0 Å². The van der Waals surface area contributed by atoms with E-state index in [1.807, 2.05) is 24.0 Å². The molecule has 30 heavy (non-hydrogen) atoms. The van der Waals surface area contributed by atoms with Crippen molar-refractivity contribution in [2.24, 2.45) is 0 Å². The van der Waals surface area contributed by atoms with Crippen molar-refractivity contribution >= 4 is 11.6 Å². The number of benzene rings is 3. The standard InChI is InChI=1S/C26H27NO3/c1-3-27(26(29)19-10-12-22(28)13-11-19)25-17-23(30-2)14-15-24(25)21-9-8-18-6-4-5-7-20(18)16-21/h4-7,10-15,17,21,28H,3,8-9,16H2,1-2H3/t21-/m1/s1. The molecule has 0 fully saturated rings. The summed E-state index contributed by atoms with van der Waals surface area (Å²) in [7, 11) is 1.65. The van der Waals surface area contributed by atoms with Gasteiger partial charge in [0.05, 0.1) is 12.8 Å². The highest BCUT2D eigenvalue weighted by Gasteiger charge is 2.26. The second-order valence-corrected chi connectivity index (χ2v) is 7.73. The van der Waals surface area contributed by atoms with Crippen molar-refractivity contribution in [1.82, 2.24) is 0 Å². The summed E-state index contributed by atoms with van der Waals surface area (Å²) >= 11 is 0. The molecule has 0 spiro atoms. The molecule has 3 aromatic rings. The number of nitrogens with zero attached hydrogens (tertiary/aromatic N) is 1. The molecule has 0 saturated carbocycles. The Labute approximate surface area is 177 Å². The largest absolute Gasteiger partial charge is 0.508 e. The zero-order chi connectivity index (χ0) is 21.1. The number of aryl methyl sites for hydroxylation is 1. The SMILES string of the molecule is CCN(C(=O)c1ccc(O)cc1)c1cc(OC)ccc1[C@@H]1CCc2ccccc2C1. The molecule has 0 aliphatic heterocycles. The maximum absolute atomic E-state index is 13.3. The van der Waals surface area contributed by atoms with E-state index in [2.05, 4.69) is 30.3 Å². The summed E-state index contributed by atoms with van der Waals surface area (Å²) < 4.78 is 5.48. The third-order valence-corrected chi connectivity index (χ3v) is 5.99. The minimum absolute atomic E-state index is 0.0804. The van der Waals surface area contributed by atoms with Gasteiger partial charge in [-0.25, -0.2) is 0 Å². The van der Waals surface area contributed by atoms with Gasteiger partial charge in [0.25, 0.3) is 5.91 Å². The topological polar surface area (TPSA) is 49.8 Å². The van der Waals surface area contributed by atoms with Gasteiger partial charge >= 0.3 is 0 Å². The van der Waals surface area contributed by atoms with Gasteiger partial charge < -0.3 is 14.7 Å². The lowest BCUT2D eigenvalue weighted by atomic mass is 9.79. The summed E-state index contributed by atoms with van der Waals surface area (Å²) in [5.74, 6) is 1.16. The second kappa shape index (κ2) is 8.62. The average Bonchev–Trinajstić information content (AvgIpc) is 2.79. The monoisotopic (exact) mass is 401 g/mol. The molecular weight excluding hydrogens is 374 g/mol. The number of rotatable bonds is 5. The molecule has 0 radical (unpaired) electrons. The van der Waals surface area contributed by atoms with Crippen LogP contribution in [-0.4, -0.2) is 24.7 Å². The van der Waals surface area contributed by atoms with E-state index in [0.717, 1.165) is 30.7 Å². The normalized spacial score (nSPS) is 15.3. The Bertz CT molecular complexity index is 1040. The molecule has 0 bridgehead atoms. The third kappa shape index (κ3) is 3.90. The van der Waals surface area contributed by atoms with Crippen LogP contribution in [0.1, 0.15) is 46.3 Å². The first-order valence-corrected chi connectivity index (χ1v) is 10.5. The van der Waals surface area contributed by atoms with Crippen LogP contribution in [0.5, 0.6) is 11.5 Å². The number of hydrogen-bond acceptors (Lipinski definition) is 3. The predicted octanol–water partition coefficient (Wildman–Crippen LogP) is 5.34. The first-order chi connectivity index (χ1) is 14.6. The number of amides is 1. The number of hydrogen-bond donors (Lipinski definition) is 1. The Morgan fingerprint density at radius 3 is 2.50 bits per heavy atom. The van der Waals surface area contributed by atoms with Crippen LogP contribution in [-0.2, 0) is 12.8 Å². The predicted molar refractivity (Wildman–Crippen MR) is 120 cm³/mol. The van der Waals surface area contributed by atoms with E-state index < -0.39 is 0 Å². The van der Waals surface area contributed by atoms with Gasteiger partial charge in [0, 0.05) is 18.2 Å². The summed E-state index contributed by atoms with van der Waals surface area (Å²) in [6.45, 7) is 2.53. The minimum Gasteiger partial charge on any atom is -0.508 e. The van der Waals surface area contributed by atoms with E-state index in [-0.39, 0.29) is 11.7 Å². The maximum atomic E-state index is 13.3. The molecule has 0 aromatic heterocycles. The number of phenols is 1. The minimum atomic E-state index is -0.0804. The van der Waals surface area contributed by atoms with Crippen LogP contribution >= 0.6 is 0 Å². The van der Waals surface area contributed by atoms with Crippen LogP contribution < -0.4 is 9.64 Å². The fraction of sp³-hybridized carbons (Fsp3) is 0.269. The van der Waals surface area contributed by atoms with Crippen LogP contribution in [0.25, 0.3) is 0 Å². The quantitative estimate of drug-likeness (QED) is 0.628. The van der Waals surface area contributed by atoms with Gasteiger partial charge in [0.2, 0.25) is 0 Å². The summed E-state index contributed by atoms with van der Waals surface area (Å²) in [6.07, 6.45) is 3.08. The van der Waals surface area contributed by atoms with Gasteiger partial charge in [0.15, 0.2) is 0 Å². The molecule has 3 aromatic carbocycles. The van der Waals surface area contributed by atoms with Crippen molar-refractivity contribution in [3.05, 3.63) is 89.0 Å². The maximum Gasteiger partial charge on any atom is 0.258 e.